The van der Waals surface area contributed by atoms with Gasteiger partial charge in [0.15, 0.2) is 5.82 Å². The highest BCUT2D eigenvalue weighted by Gasteiger charge is 2.10. The highest BCUT2D eigenvalue weighted by molar-refractivity contribution is 5.66. The number of ether oxygens (including phenoxy) is 2. The number of nitrogens with zero attached hydrogens (tertiary/aromatic N) is 3. The first kappa shape index (κ1) is 16.5. The molecule has 0 atom stereocenters. The number of likely N-dealkylation sites (N-methyl/N-ethyl adjacent to an activating group) is 1. The van der Waals surface area contributed by atoms with E-state index in [2.05, 4.69) is 20.2 Å². The van der Waals surface area contributed by atoms with Crippen LogP contribution in [0, 0.1) is 0 Å². The van der Waals surface area contributed by atoms with Gasteiger partial charge in [-0.1, -0.05) is 0 Å². The van der Waals surface area contributed by atoms with Gasteiger partial charge in [-0.25, -0.2) is 4.98 Å². The van der Waals surface area contributed by atoms with E-state index < -0.39 is 0 Å². The van der Waals surface area contributed by atoms with Crippen LogP contribution >= 0.6 is 0 Å². The van der Waals surface area contributed by atoms with Crippen LogP contribution in [0.3, 0.4) is 0 Å². The van der Waals surface area contributed by atoms with Gasteiger partial charge in [-0.05, 0) is 27.9 Å². The molecule has 0 amide bonds. The van der Waals surface area contributed by atoms with Crippen molar-refractivity contribution in [2.45, 2.75) is 20.0 Å². The maximum Gasteiger partial charge on any atom is 0.242 e. The largest absolute Gasteiger partial charge is 0.473 e. The summed E-state index contributed by atoms with van der Waals surface area (Å²) in [4.78, 5) is 10.2. The summed E-state index contributed by atoms with van der Waals surface area (Å²) in [6.45, 7) is 6.69. The van der Waals surface area contributed by atoms with Gasteiger partial charge in [-0.15, -0.1) is 0 Å². The average molecular weight is 283 g/mol. The van der Waals surface area contributed by atoms with Crippen LogP contribution in [-0.4, -0.2) is 61.4 Å². The molecule has 1 aromatic heterocycles. The van der Waals surface area contributed by atoms with Crippen LogP contribution in [0.4, 0.5) is 11.5 Å². The number of nitrogens with one attached hydrogen (secondary N) is 1. The molecule has 0 unspecified atom stereocenters. The van der Waals surface area contributed by atoms with E-state index >= 15 is 0 Å². The summed E-state index contributed by atoms with van der Waals surface area (Å²) in [7, 11) is 4.03. The molecule has 0 bridgehead atoms. The van der Waals surface area contributed by atoms with E-state index in [1.165, 1.54) is 6.33 Å². The molecule has 1 heterocycles. The van der Waals surface area contributed by atoms with Gasteiger partial charge in [0.1, 0.15) is 12.0 Å². The lowest BCUT2D eigenvalue weighted by Gasteiger charge is -2.14. The summed E-state index contributed by atoms with van der Waals surface area (Å²) in [5.41, 5.74) is 6.38. The maximum atomic E-state index is 5.95. The molecule has 0 spiro atoms. The average Bonchev–Trinajstić information content (AvgIpc) is 2.36. The molecule has 1 aromatic rings. The van der Waals surface area contributed by atoms with Crippen molar-refractivity contribution in [1.29, 1.82) is 0 Å². The van der Waals surface area contributed by atoms with E-state index in [0.29, 0.717) is 37.1 Å². The number of rotatable bonds is 9. The number of aromatic nitrogens is 2. The Balaban J connectivity index is 2.36. The van der Waals surface area contributed by atoms with Gasteiger partial charge in [-0.3, -0.25) is 0 Å². The van der Waals surface area contributed by atoms with Crippen molar-refractivity contribution in [3.05, 3.63) is 6.33 Å². The summed E-state index contributed by atoms with van der Waals surface area (Å²) < 4.78 is 11.0. The van der Waals surface area contributed by atoms with Crippen molar-refractivity contribution >= 4 is 11.5 Å². The predicted molar refractivity (Wildman–Crippen MR) is 80.1 cm³/mol. The molecule has 0 saturated heterocycles. The molecule has 0 fully saturated rings. The summed E-state index contributed by atoms with van der Waals surface area (Å²) in [6, 6.07) is 0. The Morgan fingerprint density at radius 3 is 2.70 bits per heavy atom. The molecule has 7 heteroatoms. The predicted octanol–water partition coefficient (Wildman–Crippen LogP) is 0.836. The lowest BCUT2D eigenvalue weighted by atomic mass is 10.4. The fraction of sp³-hybridized carbons (Fsp3) is 0.692. The van der Waals surface area contributed by atoms with E-state index in [-0.39, 0.29) is 6.10 Å². The van der Waals surface area contributed by atoms with Crippen molar-refractivity contribution in [3.63, 3.8) is 0 Å². The Morgan fingerprint density at radius 1 is 1.30 bits per heavy atom. The van der Waals surface area contributed by atoms with Gasteiger partial charge in [0, 0.05) is 13.1 Å². The smallest absolute Gasteiger partial charge is 0.242 e. The normalized spacial score (nSPS) is 11.1. The van der Waals surface area contributed by atoms with Crippen LogP contribution in [-0.2, 0) is 4.74 Å². The molecule has 7 nitrogen and oxygen atoms in total. The summed E-state index contributed by atoms with van der Waals surface area (Å²) in [5, 5.41) is 3.12. The second-order valence-corrected chi connectivity index (χ2v) is 4.95. The van der Waals surface area contributed by atoms with Crippen molar-refractivity contribution in [1.82, 2.24) is 14.9 Å². The van der Waals surface area contributed by atoms with Gasteiger partial charge < -0.3 is 25.4 Å². The van der Waals surface area contributed by atoms with Gasteiger partial charge in [0.05, 0.1) is 19.3 Å². The van der Waals surface area contributed by atoms with Gasteiger partial charge in [-0.2, -0.15) is 4.98 Å². The Hall–Kier alpha value is -1.60. The standard InChI is InChI=1S/C13H25N5O2/c1-10(2)20-13-11(14)12(16-9-17-13)15-5-7-19-8-6-18(3)4/h9-10H,5-8,14H2,1-4H3,(H,15,16,17). The third-order valence-electron chi connectivity index (χ3n) is 2.42. The first-order chi connectivity index (χ1) is 9.50. The molecule has 114 valence electrons. The van der Waals surface area contributed by atoms with Crippen LogP contribution in [0.15, 0.2) is 6.33 Å². The Kier molecular flexibility index (Phi) is 7.03. The van der Waals surface area contributed by atoms with Crippen molar-refractivity contribution in [2.75, 3.05) is 51.4 Å². The Bertz CT molecular complexity index is 398. The van der Waals surface area contributed by atoms with Crippen molar-refractivity contribution in [3.8, 4) is 5.88 Å². The van der Waals surface area contributed by atoms with Gasteiger partial charge in [0.25, 0.3) is 0 Å². The summed E-state index contributed by atoms with van der Waals surface area (Å²) >= 11 is 0. The molecule has 3 N–H and O–H groups in total. The van der Waals surface area contributed by atoms with E-state index in [4.69, 9.17) is 15.2 Å². The molecule has 20 heavy (non-hydrogen) atoms. The number of nitrogen functional groups attached to an aromatic ring is 1. The third-order valence-corrected chi connectivity index (χ3v) is 2.42. The zero-order valence-corrected chi connectivity index (χ0v) is 12.7. The minimum Gasteiger partial charge on any atom is -0.473 e. The number of nitrogens with two attached hydrogens (primary N) is 1. The van der Waals surface area contributed by atoms with E-state index in [9.17, 15) is 0 Å². The fourth-order valence-electron chi connectivity index (χ4n) is 1.43. The minimum atomic E-state index is 0.0226. The number of hydrogen-bond donors (Lipinski definition) is 2. The van der Waals surface area contributed by atoms with Crippen LogP contribution < -0.4 is 15.8 Å². The zero-order valence-electron chi connectivity index (χ0n) is 12.7. The van der Waals surface area contributed by atoms with E-state index in [0.717, 1.165) is 6.54 Å². The van der Waals surface area contributed by atoms with Crippen molar-refractivity contribution < 1.29 is 9.47 Å². The lowest BCUT2D eigenvalue weighted by molar-refractivity contribution is 0.126. The topological polar surface area (TPSA) is 85.5 Å². The first-order valence-corrected chi connectivity index (χ1v) is 6.74. The van der Waals surface area contributed by atoms with Gasteiger partial charge in [0.2, 0.25) is 5.88 Å². The molecule has 0 aliphatic carbocycles. The summed E-state index contributed by atoms with van der Waals surface area (Å²) in [6.07, 6.45) is 1.46. The quantitative estimate of drug-likeness (QED) is 0.649. The SMILES string of the molecule is CC(C)Oc1ncnc(NCCOCCN(C)C)c1N. The second kappa shape index (κ2) is 8.55. The molecule has 0 aromatic carbocycles. The first-order valence-electron chi connectivity index (χ1n) is 6.74. The monoisotopic (exact) mass is 283 g/mol. The van der Waals surface area contributed by atoms with Crippen LogP contribution in [0.2, 0.25) is 0 Å². The molecular formula is C13H25N5O2. The third kappa shape index (κ3) is 6.03. The molecule has 1 rings (SSSR count). The van der Waals surface area contributed by atoms with Crippen LogP contribution in [0.5, 0.6) is 5.88 Å². The molecule has 0 aliphatic rings. The molecular weight excluding hydrogens is 258 g/mol. The molecule has 0 radical (unpaired) electrons. The lowest BCUT2D eigenvalue weighted by Crippen LogP contribution is -2.20. The minimum absolute atomic E-state index is 0.0226. The maximum absolute atomic E-state index is 5.95. The van der Waals surface area contributed by atoms with Crippen LogP contribution in [0.25, 0.3) is 0 Å². The van der Waals surface area contributed by atoms with Crippen LogP contribution in [0.1, 0.15) is 13.8 Å². The van der Waals surface area contributed by atoms with E-state index in [1.54, 1.807) is 0 Å². The highest BCUT2D eigenvalue weighted by atomic mass is 16.5. The fourth-order valence-corrected chi connectivity index (χ4v) is 1.43. The second-order valence-electron chi connectivity index (χ2n) is 4.95. The molecule has 0 saturated carbocycles. The number of anilines is 2. The Morgan fingerprint density at radius 2 is 2.05 bits per heavy atom. The van der Waals surface area contributed by atoms with Crippen molar-refractivity contribution in [2.24, 2.45) is 0 Å². The highest BCUT2D eigenvalue weighted by Crippen LogP contribution is 2.24. The zero-order chi connectivity index (χ0) is 15.0. The van der Waals surface area contributed by atoms with Gasteiger partial charge >= 0.3 is 0 Å². The summed E-state index contributed by atoms with van der Waals surface area (Å²) in [5.74, 6) is 0.984. The van der Waals surface area contributed by atoms with E-state index in [1.807, 2.05) is 27.9 Å². The number of hydrogen-bond acceptors (Lipinski definition) is 7. The molecule has 0 aliphatic heterocycles. The Labute approximate surface area is 120 Å².